The number of sulfonamides is 1. The molecular formula is C10H17ClN4O2S. The minimum Gasteiger partial charge on any atom is -0.328 e. The third-order valence-electron chi connectivity index (χ3n) is 3.23. The summed E-state index contributed by atoms with van der Waals surface area (Å²) in [7, 11) is -1.92. The number of piperidine rings is 1. The Kier molecular flexibility index (Phi) is 3.68. The van der Waals surface area contributed by atoms with E-state index in [-0.39, 0.29) is 22.4 Å². The van der Waals surface area contributed by atoms with Crippen LogP contribution in [0.4, 0.5) is 0 Å². The first-order valence-corrected chi connectivity index (χ1v) is 7.60. The van der Waals surface area contributed by atoms with Crippen molar-refractivity contribution < 1.29 is 8.42 Å². The normalized spacial score (nSPS) is 26.4. The first kappa shape index (κ1) is 13.8. The lowest BCUT2D eigenvalue weighted by Crippen LogP contribution is -2.48. The summed E-state index contributed by atoms with van der Waals surface area (Å²) >= 11 is 5.78. The van der Waals surface area contributed by atoms with Gasteiger partial charge in [0.05, 0.1) is 0 Å². The molecule has 1 fully saturated rings. The summed E-state index contributed by atoms with van der Waals surface area (Å²) in [4.78, 5) is 3.88. The molecule has 8 heteroatoms. The van der Waals surface area contributed by atoms with E-state index in [0.717, 1.165) is 0 Å². The number of hydrogen-bond acceptors (Lipinski definition) is 4. The lowest BCUT2D eigenvalue weighted by atomic mass is 10.0. The van der Waals surface area contributed by atoms with Gasteiger partial charge in [-0.1, -0.05) is 0 Å². The fourth-order valence-corrected chi connectivity index (χ4v) is 4.04. The quantitative estimate of drug-likeness (QED) is 0.864. The van der Waals surface area contributed by atoms with Gasteiger partial charge in [-0.05, 0) is 31.4 Å². The van der Waals surface area contributed by atoms with Crippen LogP contribution in [-0.4, -0.2) is 40.9 Å². The summed E-state index contributed by atoms with van der Waals surface area (Å²) in [5.74, 6) is 0. The molecule has 0 radical (unpaired) electrons. The summed E-state index contributed by atoms with van der Waals surface area (Å²) in [5.41, 5.74) is 5.84. The van der Waals surface area contributed by atoms with Crippen molar-refractivity contribution in [3.63, 3.8) is 0 Å². The largest absolute Gasteiger partial charge is 0.328 e. The number of aromatic nitrogens is 2. The van der Waals surface area contributed by atoms with Gasteiger partial charge in [-0.15, -0.1) is 0 Å². The molecule has 0 aliphatic carbocycles. The maximum absolute atomic E-state index is 12.4. The Labute approximate surface area is 112 Å². The maximum Gasteiger partial charge on any atom is 0.262 e. The van der Waals surface area contributed by atoms with E-state index in [4.69, 9.17) is 17.3 Å². The predicted octanol–water partition coefficient (Wildman–Crippen LogP) is 0.574. The minimum atomic E-state index is -3.57. The van der Waals surface area contributed by atoms with Gasteiger partial charge in [0.1, 0.15) is 0 Å². The van der Waals surface area contributed by atoms with Gasteiger partial charge in [0, 0.05) is 31.9 Å². The molecule has 0 saturated carbocycles. The van der Waals surface area contributed by atoms with Gasteiger partial charge in [-0.3, -0.25) is 0 Å². The molecule has 1 aromatic rings. The van der Waals surface area contributed by atoms with E-state index < -0.39 is 10.0 Å². The van der Waals surface area contributed by atoms with E-state index in [0.29, 0.717) is 19.4 Å². The maximum atomic E-state index is 12.4. The molecule has 0 amide bonds. The average molecular weight is 293 g/mol. The Morgan fingerprint density at radius 1 is 1.56 bits per heavy atom. The van der Waals surface area contributed by atoms with Crippen LogP contribution in [0.25, 0.3) is 0 Å². The lowest BCUT2D eigenvalue weighted by Gasteiger charge is -2.34. The first-order chi connectivity index (χ1) is 8.32. The van der Waals surface area contributed by atoms with Gasteiger partial charge in [-0.25, -0.2) is 13.4 Å². The zero-order chi connectivity index (χ0) is 13.5. The molecule has 0 aromatic carbocycles. The number of imidazole rings is 1. The Hall–Kier alpha value is -0.630. The Bertz CT molecular complexity index is 523. The second-order valence-electron chi connectivity index (χ2n) is 4.71. The topological polar surface area (TPSA) is 81.2 Å². The molecular weight excluding hydrogens is 276 g/mol. The highest BCUT2D eigenvalue weighted by atomic mass is 35.5. The van der Waals surface area contributed by atoms with Crippen molar-refractivity contribution in [3.05, 3.63) is 11.5 Å². The van der Waals surface area contributed by atoms with E-state index in [9.17, 15) is 8.42 Å². The SMILES string of the molecule is CC1CC(N)CCN1S(=O)(=O)c1cn(C)c(Cl)n1. The summed E-state index contributed by atoms with van der Waals surface area (Å²) in [5, 5.41) is 0.160. The van der Waals surface area contributed by atoms with Crippen LogP contribution in [0.5, 0.6) is 0 Å². The summed E-state index contributed by atoms with van der Waals surface area (Å²) < 4.78 is 27.8. The molecule has 1 aliphatic heterocycles. The molecule has 2 atom stereocenters. The number of rotatable bonds is 2. The van der Waals surface area contributed by atoms with E-state index >= 15 is 0 Å². The molecule has 2 rings (SSSR count). The first-order valence-electron chi connectivity index (χ1n) is 5.78. The molecule has 1 aromatic heterocycles. The summed E-state index contributed by atoms with van der Waals surface area (Å²) in [6.45, 7) is 2.29. The van der Waals surface area contributed by atoms with Crippen molar-refractivity contribution in [2.45, 2.75) is 36.9 Å². The molecule has 1 saturated heterocycles. The fraction of sp³-hybridized carbons (Fsp3) is 0.700. The number of hydrogen-bond donors (Lipinski definition) is 1. The highest BCUT2D eigenvalue weighted by Crippen LogP contribution is 2.24. The van der Waals surface area contributed by atoms with Crippen molar-refractivity contribution >= 4 is 21.6 Å². The Morgan fingerprint density at radius 3 is 2.72 bits per heavy atom. The molecule has 2 heterocycles. The third kappa shape index (κ3) is 2.40. The van der Waals surface area contributed by atoms with Crippen LogP contribution >= 0.6 is 11.6 Å². The van der Waals surface area contributed by atoms with Crippen molar-refractivity contribution in [2.24, 2.45) is 12.8 Å². The Morgan fingerprint density at radius 2 is 2.22 bits per heavy atom. The highest BCUT2D eigenvalue weighted by molar-refractivity contribution is 7.89. The molecule has 1 aliphatic rings. The van der Waals surface area contributed by atoms with E-state index in [1.54, 1.807) is 7.05 Å². The second kappa shape index (κ2) is 4.80. The number of aryl methyl sites for hydroxylation is 1. The van der Waals surface area contributed by atoms with Crippen LogP contribution in [0.1, 0.15) is 19.8 Å². The monoisotopic (exact) mass is 292 g/mol. The minimum absolute atomic E-state index is 0.00248. The number of halogens is 1. The third-order valence-corrected chi connectivity index (χ3v) is 5.46. The van der Waals surface area contributed by atoms with Gasteiger partial charge in [0.15, 0.2) is 5.03 Å². The molecule has 2 unspecified atom stereocenters. The van der Waals surface area contributed by atoms with E-state index in [1.807, 2.05) is 6.92 Å². The van der Waals surface area contributed by atoms with Gasteiger partial charge in [0.2, 0.25) is 5.28 Å². The van der Waals surface area contributed by atoms with Gasteiger partial charge in [-0.2, -0.15) is 4.31 Å². The lowest BCUT2D eigenvalue weighted by molar-refractivity contribution is 0.246. The van der Waals surface area contributed by atoms with Gasteiger partial charge in [0.25, 0.3) is 10.0 Å². The van der Waals surface area contributed by atoms with Crippen LogP contribution in [0.15, 0.2) is 11.2 Å². The average Bonchev–Trinajstić information content (AvgIpc) is 2.59. The van der Waals surface area contributed by atoms with Crippen molar-refractivity contribution in [1.82, 2.24) is 13.9 Å². The van der Waals surface area contributed by atoms with E-state index in [1.165, 1.54) is 15.1 Å². The van der Waals surface area contributed by atoms with Crippen LogP contribution in [0.2, 0.25) is 5.28 Å². The standard InChI is InChI=1S/C10H17ClN4O2S/c1-7-5-8(12)3-4-15(7)18(16,17)9-6-14(2)10(11)13-9/h6-8H,3-5,12H2,1-2H3. The van der Waals surface area contributed by atoms with Crippen LogP contribution in [-0.2, 0) is 17.1 Å². The van der Waals surface area contributed by atoms with Crippen LogP contribution in [0, 0.1) is 0 Å². The predicted molar refractivity (Wildman–Crippen MR) is 68.8 cm³/mol. The smallest absolute Gasteiger partial charge is 0.262 e. The zero-order valence-electron chi connectivity index (χ0n) is 10.4. The highest BCUT2D eigenvalue weighted by Gasteiger charge is 2.35. The Balaban J connectivity index is 2.31. The molecule has 102 valence electrons. The van der Waals surface area contributed by atoms with Gasteiger partial charge < -0.3 is 10.3 Å². The van der Waals surface area contributed by atoms with Crippen molar-refractivity contribution in [3.8, 4) is 0 Å². The zero-order valence-corrected chi connectivity index (χ0v) is 11.9. The second-order valence-corrected chi connectivity index (χ2v) is 6.88. The molecule has 0 bridgehead atoms. The summed E-state index contributed by atoms with van der Waals surface area (Å²) in [6, 6.07) is -0.0432. The van der Waals surface area contributed by atoms with Crippen LogP contribution < -0.4 is 5.73 Å². The molecule has 0 spiro atoms. The molecule has 2 N–H and O–H groups in total. The van der Waals surface area contributed by atoms with Gasteiger partial charge >= 0.3 is 0 Å². The van der Waals surface area contributed by atoms with E-state index in [2.05, 4.69) is 4.98 Å². The van der Waals surface area contributed by atoms with Crippen LogP contribution in [0.3, 0.4) is 0 Å². The number of nitrogens with zero attached hydrogens (tertiary/aromatic N) is 3. The molecule has 6 nitrogen and oxygen atoms in total. The number of nitrogens with two attached hydrogens (primary N) is 1. The summed E-state index contributed by atoms with van der Waals surface area (Å²) in [6.07, 6.45) is 2.77. The molecule has 18 heavy (non-hydrogen) atoms. The van der Waals surface area contributed by atoms with Crippen molar-refractivity contribution in [1.29, 1.82) is 0 Å². The fourth-order valence-electron chi connectivity index (χ4n) is 2.21. The van der Waals surface area contributed by atoms with Crippen molar-refractivity contribution in [2.75, 3.05) is 6.54 Å².